The number of ether oxygens (including phenoxy) is 1. The van der Waals surface area contributed by atoms with Crippen LogP contribution in [0.2, 0.25) is 0 Å². The van der Waals surface area contributed by atoms with Crippen LogP contribution in [0.1, 0.15) is 5.56 Å². The van der Waals surface area contributed by atoms with Crippen LogP contribution in [0.5, 0.6) is 0 Å². The van der Waals surface area contributed by atoms with Crippen LogP contribution in [0.25, 0.3) is 0 Å². The van der Waals surface area contributed by atoms with Crippen molar-refractivity contribution in [1.82, 2.24) is 0 Å². The molecule has 0 heterocycles. The van der Waals surface area contributed by atoms with E-state index in [-0.39, 0.29) is 51.0 Å². The summed E-state index contributed by atoms with van der Waals surface area (Å²) in [5, 5.41) is 0. The molecule has 1 rings (SSSR count). The van der Waals surface area contributed by atoms with Crippen LogP contribution in [0.15, 0.2) is 24.3 Å². The molecule has 0 atom stereocenters. The molecule has 0 aliphatic carbocycles. The molecular weight excluding hydrogens is 274 g/mol. The molecule has 4 heteroatoms. The summed E-state index contributed by atoms with van der Waals surface area (Å²) in [6.07, 6.45) is 1.03. The van der Waals surface area contributed by atoms with Gasteiger partial charge in [0.25, 0.3) is 0 Å². The zero-order valence-electron chi connectivity index (χ0n) is 6.89. The van der Waals surface area contributed by atoms with E-state index in [9.17, 15) is 0 Å². The van der Waals surface area contributed by atoms with Gasteiger partial charge in [-0.2, -0.15) is 17.7 Å². The molecule has 0 amide bonds. The van der Waals surface area contributed by atoms with Crippen molar-refractivity contribution in [2.24, 2.45) is 0 Å². The zero-order valence-corrected chi connectivity index (χ0v) is 10.9. The van der Waals surface area contributed by atoms with Gasteiger partial charge in [-0.1, -0.05) is 6.42 Å². The molecule has 1 aromatic carbocycles. The Balaban J connectivity index is -0.000000270. The zero-order chi connectivity index (χ0) is 6.53. The fraction of sp³-hybridized carbons (Fsp3) is 0.375. The minimum Gasteiger partial charge on any atom is -1.00 e. The third-order valence-corrected chi connectivity index (χ3v) is 1.33. The van der Waals surface area contributed by atoms with E-state index in [1.165, 1.54) is 5.56 Å². The van der Waals surface area contributed by atoms with E-state index >= 15 is 0 Å². The van der Waals surface area contributed by atoms with Gasteiger partial charge in [-0.3, -0.25) is 0 Å². The normalized spacial score (nSPS) is 7.42. The molecule has 0 N–H and O–H groups in total. The van der Waals surface area contributed by atoms with Crippen molar-refractivity contribution >= 4 is 0 Å². The Hall–Kier alpha value is 0.773. The number of hydrogen-bond acceptors (Lipinski definition) is 1. The van der Waals surface area contributed by atoms with Gasteiger partial charge in [-0.15, -0.1) is 0 Å². The van der Waals surface area contributed by atoms with Gasteiger partial charge in [0, 0.05) is 13.7 Å². The maximum Gasteiger partial charge on any atom is 3.00 e. The van der Waals surface area contributed by atoms with Gasteiger partial charge >= 0.3 is 26.2 Å². The van der Waals surface area contributed by atoms with Gasteiger partial charge in [0.2, 0.25) is 0 Å². The maximum atomic E-state index is 4.92. The van der Waals surface area contributed by atoms with Gasteiger partial charge in [0.1, 0.15) is 0 Å². The first-order chi connectivity index (χ1) is 4.43. The Bertz CT molecular complexity index is 154. The predicted octanol–water partition coefficient (Wildman–Crippen LogP) is -4.40. The Morgan fingerprint density at radius 3 is 2.08 bits per heavy atom. The van der Waals surface area contributed by atoms with Crippen molar-refractivity contribution in [3.8, 4) is 0 Å². The second-order valence-electron chi connectivity index (χ2n) is 2.04. The fourth-order valence-electron chi connectivity index (χ4n) is 0.800. The average Bonchev–Trinajstić information content (AvgIpc) is 2.34. The molecule has 0 spiro atoms. The number of rotatable bonds is 3. The number of methoxy groups -OCH3 is 1. The van der Waals surface area contributed by atoms with E-state index in [0.29, 0.717) is 0 Å². The van der Waals surface area contributed by atoms with Gasteiger partial charge in [0.05, 0.1) is 0 Å². The van der Waals surface area contributed by atoms with Crippen LogP contribution in [-0.2, 0) is 37.4 Å². The van der Waals surface area contributed by atoms with E-state index in [1.54, 1.807) is 7.11 Å². The Labute approximate surface area is 105 Å². The standard InChI is InChI=1S/C8H11O.2ClH.Zr/c1-9-7-6-8-4-2-3-5-8;;;/h2-5H,6-7H2,1H3;2*1H;/q-1;;;+3/p-2. The second-order valence-corrected chi connectivity index (χ2v) is 2.04. The molecule has 1 aromatic rings. The van der Waals surface area contributed by atoms with E-state index in [2.05, 4.69) is 12.1 Å². The molecule has 0 unspecified atom stereocenters. The van der Waals surface area contributed by atoms with Crippen LogP contribution >= 0.6 is 0 Å². The van der Waals surface area contributed by atoms with Crippen molar-refractivity contribution in [3.63, 3.8) is 0 Å². The van der Waals surface area contributed by atoms with Gasteiger partial charge in [-0.05, 0) is 0 Å². The van der Waals surface area contributed by atoms with E-state index in [0.717, 1.165) is 13.0 Å². The molecule has 0 aromatic heterocycles. The molecule has 0 aliphatic rings. The van der Waals surface area contributed by atoms with Gasteiger partial charge in [-0.25, -0.2) is 12.1 Å². The van der Waals surface area contributed by atoms with Crippen LogP contribution in [-0.4, -0.2) is 13.7 Å². The monoisotopic (exact) mass is 283 g/mol. The predicted molar refractivity (Wildman–Crippen MR) is 37.6 cm³/mol. The van der Waals surface area contributed by atoms with Crippen molar-refractivity contribution in [1.29, 1.82) is 0 Å². The Kier molecular flexibility index (Phi) is 18.2. The molecule has 67 valence electrons. The van der Waals surface area contributed by atoms with Crippen molar-refractivity contribution in [3.05, 3.63) is 29.8 Å². The fourth-order valence-corrected chi connectivity index (χ4v) is 0.800. The molecule has 1 radical (unpaired) electrons. The van der Waals surface area contributed by atoms with E-state index in [4.69, 9.17) is 4.74 Å². The van der Waals surface area contributed by atoms with Crippen LogP contribution in [0.4, 0.5) is 0 Å². The van der Waals surface area contributed by atoms with Crippen molar-refractivity contribution in [2.45, 2.75) is 6.42 Å². The number of hydrogen-bond donors (Lipinski definition) is 0. The van der Waals surface area contributed by atoms with Gasteiger partial charge in [0.15, 0.2) is 0 Å². The Morgan fingerprint density at radius 1 is 1.17 bits per heavy atom. The minimum absolute atomic E-state index is 0. The summed E-state index contributed by atoms with van der Waals surface area (Å²) < 4.78 is 4.92. The van der Waals surface area contributed by atoms with Crippen LogP contribution in [0.3, 0.4) is 0 Å². The molecule has 12 heavy (non-hydrogen) atoms. The molecule has 0 fully saturated rings. The maximum absolute atomic E-state index is 4.92. The first-order valence-electron chi connectivity index (χ1n) is 3.13. The number of halogens is 2. The first-order valence-corrected chi connectivity index (χ1v) is 3.13. The summed E-state index contributed by atoms with van der Waals surface area (Å²) in [5.41, 5.74) is 1.36. The third-order valence-electron chi connectivity index (χ3n) is 1.33. The van der Waals surface area contributed by atoms with Crippen molar-refractivity contribution in [2.75, 3.05) is 13.7 Å². The van der Waals surface area contributed by atoms with E-state index in [1.807, 2.05) is 12.1 Å². The van der Waals surface area contributed by atoms with Crippen LogP contribution < -0.4 is 24.8 Å². The quantitative estimate of drug-likeness (QED) is 0.510. The largest absolute Gasteiger partial charge is 3.00 e. The smallest absolute Gasteiger partial charge is 1.00 e. The summed E-state index contributed by atoms with van der Waals surface area (Å²) in [6.45, 7) is 0.823. The van der Waals surface area contributed by atoms with Crippen LogP contribution in [0, 0.1) is 0 Å². The Morgan fingerprint density at radius 2 is 1.67 bits per heavy atom. The SMILES string of the molecule is COCC[c-]1cccc1.[Cl-].[Cl-].[Zr+3]. The first kappa shape index (κ1) is 18.5. The molecule has 0 bridgehead atoms. The molecule has 1 nitrogen and oxygen atoms in total. The summed E-state index contributed by atoms with van der Waals surface area (Å²) in [5.74, 6) is 0. The average molecular weight is 285 g/mol. The summed E-state index contributed by atoms with van der Waals surface area (Å²) in [7, 11) is 1.73. The summed E-state index contributed by atoms with van der Waals surface area (Å²) in [4.78, 5) is 0. The van der Waals surface area contributed by atoms with Gasteiger partial charge < -0.3 is 29.6 Å². The van der Waals surface area contributed by atoms with E-state index < -0.39 is 0 Å². The topological polar surface area (TPSA) is 9.23 Å². The second kappa shape index (κ2) is 11.8. The molecule has 0 saturated heterocycles. The molecular formula is C8H11Cl2OZr. The third kappa shape index (κ3) is 7.42. The molecule has 0 saturated carbocycles. The summed E-state index contributed by atoms with van der Waals surface area (Å²) >= 11 is 0. The minimum atomic E-state index is 0. The summed E-state index contributed by atoms with van der Waals surface area (Å²) in [6, 6.07) is 8.31. The molecule has 0 aliphatic heterocycles. The van der Waals surface area contributed by atoms with Crippen molar-refractivity contribution < 1.29 is 55.8 Å².